The minimum Gasteiger partial charge on any atom is -0.315 e. The van der Waals surface area contributed by atoms with Crippen LogP contribution in [-0.4, -0.2) is 44.2 Å². The van der Waals surface area contributed by atoms with Crippen LogP contribution in [0.25, 0.3) is 0 Å². The Morgan fingerprint density at radius 3 is 2.25 bits per heavy atom. The summed E-state index contributed by atoms with van der Waals surface area (Å²) < 4.78 is 27.2. The molecule has 1 atom stereocenters. The number of hydrogen-bond acceptors (Lipinski definition) is 3. The lowest BCUT2D eigenvalue weighted by Crippen LogP contribution is -2.50. The van der Waals surface area contributed by atoms with E-state index in [1.165, 1.54) is 32.1 Å². The maximum atomic E-state index is 12.7. The monoisotopic (exact) mass is 300 g/mol. The lowest BCUT2D eigenvalue weighted by Gasteiger charge is -2.44. The molecule has 1 aliphatic carbocycles. The third-order valence-corrected chi connectivity index (χ3v) is 8.06. The van der Waals surface area contributed by atoms with E-state index in [-0.39, 0.29) is 5.25 Å². The van der Waals surface area contributed by atoms with Gasteiger partial charge in [0.1, 0.15) is 0 Å². The van der Waals surface area contributed by atoms with Gasteiger partial charge in [0.15, 0.2) is 0 Å². The van der Waals surface area contributed by atoms with Gasteiger partial charge in [0.05, 0.1) is 5.25 Å². The molecule has 0 bridgehead atoms. The Morgan fingerprint density at radius 1 is 0.950 bits per heavy atom. The van der Waals surface area contributed by atoms with E-state index in [1.807, 2.05) is 0 Å². The van der Waals surface area contributed by atoms with Gasteiger partial charge in [0.2, 0.25) is 10.0 Å². The van der Waals surface area contributed by atoms with Gasteiger partial charge in [0, 0.05) is 19.6 Å². The summed E-state index contributed by atoms with van der Waals surface area (Å²) in [5.74, 6) is 0. The van der Waals surface area contributed by atoms with Crippen molar-refractivity contribution in [3.63, 3.8) is 0 Å². The van der Waals surface area contributed by atoms with Crippen LogP contribution in [0.3, 0.4) is 0 Å². The lowest BCUT2D eigenvalue weighted by molar-refractivity contribution is 0.102. The summed E-state index contributed by atoms with van der Waals surface area (Å²) >= 11 is 0. The predicted molar refractivity (Wildman–Crippen MR) is 81.1 cm³/mol. The van der Waals surface area contributed by atoms with Gasteiger partial charge in [-0.15, -0.1) is 0 Å². The molecule has 0 aromatic heterocycles. The molecule has 1 N–H and O–H groups in total. The minimum absolute atomic E-state index is 0.184. The zero-order chi connectivity index (χ0) is 14.1. The van der Waals surface area contributed by atoms with Gasteiger partial charge in [-0.1, -0.05) is 19.3 Å². The van der Waals surface area contributed by atoms with Crippen LogP contribution < -0.4 is 5.32 Å². The molecule has 20 heavy (non-hydrogen) atoms. The Hall–Kier alpha value is -0.130. The maximum absolute atomic E-state index is 12.7. The summed E-state index contributed by atoms with van der Waals surface area (Å²) in [6.07, 6.45) is 10.7. The first kappa shape index (κ1) is 14.8. The normalized spacial score (nSPS) is 32.3. The first-order valence-electron chi connectivity index (χ1n) is 8.32. The smallest absolute Gasteiger partial charge is 0.218 e. The summed E-state index contributed by atoms with van der Waals surface area (Å²) in [7, 11) is -3.07. The summed E-state index contributed by atoms with van der Waals surface area (Å²) in [6.45, 7) is 3.14. The molecular formula is C15H28N2O2S. The number of hydrogen-bond donors (Lipinski definition) is 1. The highest BCUT2D eigenvalue weighted by Crippen LogP contribution is 2.45. The van der Waals surface area contributed by atoms with Crippen molar-refractivity contribution in [2.45, 2.75) is 63.0 Å². The molecule has 1 unspecified atom stereocenters. The highest BCUT2D eigenvalue weighted by Gasteiger charge is 2.41. The molecule has 3 aliphatic rings. The fourth-order valence-corrected chi connectivity index (χ4v) is 6.21. The summed E-state index contributed by atoms with van der Waals surface area (Å²) in [4.78, 5) is 0. The standard InChI is InChI=1S/C15H28N2O2S/c18-20(19,14-5-4-10-16-13-14)17-11-8-15(9-12-17)6-2-1-3-7-15/h14,16H,1-13H2. The Morgan fingerprint density at radius 2 is 1.65 bits per heavy atom. The van der Waals surface area contributed by atoms with Crippen LogP contribution in [0.4, 0.5) is 0 Å². The molecule has 2 saturated heterocycles. The lowest BCUT2D eigenvalue weighted by atomic mass is 9.68. The van der Waals surface area contributed by atoms with Crippen LogP contribution in [0, 0.1) is 5.41 Å². The van der Waals surface area contributed by atoms with Crippen molar-refractivity contribution < 1.29 is 8.42 Å². The Balaban J connectivity index is 1.62. The van der Waals surface area contributed by atoms with Crippen molar-refractivity contribution in [2.75, 3.05) is 26.2 Å². The van der Waals surface area contributed by atoms with Crippen LogP contribution >= 0.6 is 0 Å². The van der Waals surface area contributed by atoms with Crippen LogP contribution in [-0.2, 0) is 10.0 Å². The van der Waals surface area contributed by atoms with Crippen molar-refractivity contribution in [2.24, 2.45) is 5.41 Å². The summed E-state index contributed by atoms with van der Waals surface area (Å²) in [5.41, 5.74) is 0.481. The molecule has 5 heteroatoms. The van der Waals surface area contributed by atoms with E-state index in [2.05, 4.69) is 5.32 Å². The van der Waals surface area contributed by atoms with Gasteiger partial charge in [-0.25, -0.2) is 12.7 Å². The zero-order valence-electron chi connectivity index (χ0n) is 12.4. The van der Waals surface area contributed by atoms with Crippen molar-refractivity contribution in [3.8, 4) is 0 Å². The second-order valence-corrected chi connectivity index (χ2v) is 9.19. The van der Waals surface area contributed by atoms with E-state index in [1.54, 1.807) is 4.31 Å². The molecule has 1 saturated carbocycles. The number of rotatable bonds is 2. The fourth-order valence-electron chi connectivity index (χ4n) is 4.30. The SMILES string of the molecule is O=S(=O)(C1CCCNC1)N1CCC2(CCCCC2)CC1. The molecule has 3 rings (SSSR count). The van der Waals surface area contributed by atoms with E-state index in [0.717, 1.165) is 45.3 Å². The van der Waals surface area contributed by atoms with Gasteiger partial charge in [0.25, 0.3) is 0 Å². The van der Waals surface area contributed by atoms with E-state index < -0.39 is 10.0 Å². The highest BCUT2D eigenvalue weighted by atomic mass is 32.2. The van der Waals surface area contributed by atoms with Crippen LogP contribution in [0.5, 0.6) is 0 Å². The number of nitrogens with one attached hydrogen (secondary N) is 1. The van der Waals surface area contributed by atoms with E-state index in [0.29, 0.717) is 12.0 Å². The molecule has 116 valence electrons. The molecule has 0 aromatic carbocycles. The molecule has 0 aromatic rings. The third-order valence-electron chi connectivity index (χ3n) is 5.73. The topological polar surface area (TPSA) is 49.4 Å². The quantitative estimate of drug-likeness (QED) is 0.850. The molecule has 3 fully saturated rings. The Kier molecular flexibility index (Phi) is 4.39. The minimum atomic E-state index is -3.07. The highest BCUT2D eigenvalue weighted by molar-refractivity contribution is 7.89. The van der Waals surface area contributed by atoms with E-state index >= 15 is 0 Å². The number of piperidine rings is 2. The summed E-state index contributed by atoms with van der Waals surface area (Å²) in [6, 6.07) is 0. The molecular weight excluding hydrogens is 272 g/mol. The average Bonchev–Trinajstić information content (AvgIpc) is 2.49. The summed E-state index contributed by atoms with van der Waals surface area (Å²) in [5, 5.41) is 3.05. The van der Waals surface area contributed by atoms with Crippen LogP contribution in [0.2, 0.25) is 0 Å². The van der Waals surface area contributed by atoms with Crippen molar-refractivity contribution in [1.82, 2.24) is 9.62 Å². The average molecular weight is 300 g/mol. The maximum Gasteiger partial charge on any atom is 0.218 e. The largest absolute Gasteiger partial charge is 0.315 e. The first-order valence-corrected chi connectivity index (χ1v) is 9.83. The zero-order valence-corrected chi connectivity index (χ0v) is 13.3. The van der Waals surface area contributed by atoms with Gasteiger partial charge >= 0.3 is 0 Å². The molecule has 0 radical (unpaired) electrons. The second-order valence-electron chi connectivity index (χ2n) is 6.97. The molecule has 1 spiro atoms. The Bertz CT molecular complexity index is 413. The van der Waals surface area contributed by atoms with Crippen LogP contribution in [0.1, 0.15) is 57.8 Å². The van der Waals surface area contributed by atoms with Gasteiger partial charge in [-0.05, 0) is 50.5 Å². The molecule has 0 amide bonds. The fraction of sp³-hybridized carbons (Fsp3) is 1.00. The molecule has 4 nitrogen and oxygen atoms in total. The molecule has 2 heterocycles. The number of nitrogens with zero attached hydrogens (tertiary/aromatic N) is 1. The van der Waals surface area contributed by atoms with Gasteiger partial charge in [-0.2, -0.15) is 0 Å². The Labute approximate surface area is 123 Å². The molecule has 2 aliphatic heterocycles. The van der Waals surface area contributed by atoms with E-state index in [4.69, 9.17) is 0 Å². The third kappa shape index (κ3) is 2.90. The second kappa shape index (κ2) is 5.93. The number of sulfonamides is 1. The van der Waals surface area contributed by atoms with Gasteiger partial charge in [-0.3, -0.25) is 0 Å². The predicted octanol–water partition coefficient (Wildman–Crippen LogP) is 2.11. The first-order chi connectivity index (χ1) is 9.62. The van der Waals surface area contributed by atoms with Gasteiger partial charge < -0.3 is 5.32 Å². The van der Waals surface area contributed by atoms with Crippen molar-refractivity contribution >= 4 is 10.0 Å². The van der Waals surface area contributed by atoms with Crippen molar-refractivity contribution in [1.29, 1.82) is 0 Å². The van der Waals surface area contributed by atoms with E-state index in [9.17, 15) is 8.42 Å². The van der Waals surface area contributed by atoms with Crippen LogP contribution in [0.15, 0.2) is 0 Å². The van der Waals surface area contributed by atoms with Crippen molar-refractivity contribution in [3.05, 3.63) is 0 Å².